The predicted octanol–water partition coefficient (Wildman–Crippen LogP) is 1.44. The smallest absolute Gasteiger partial charge is 0.161 e. The van der Waals surface area contributed by atoms with Gasteiger partial charge < -0.3 is 0 Å². The molecule has 1 aromatic carbocycles. The zero-order valence-corrected chi connectivity index (χ0v) is 6.31. The van der Waals surface area contributed by atoms with Crippen LogP contribution in [0.3, 0.4) is 0 Å². The van der Waals surface area contributed by atoms with Gasteiger partial charge in [0.25, 0.3) is 0 Å². The van der Waals surface area contributed by atoms with Crippen LogP contribution in [0.2, 0.25) is 0 Å². The molecule has 0 spiro atoms. The van der Waals surface area contributed by atoms with Crippen molar-refractivity contribution in [3.8, 4) is 0 Å². The summed E-state index contributed by atoms with van der Waals surface area (Å²) in [4.78, 5) is 9.83. The Bertz CT molecular complexity index is 282. The van der Waals surface area contributed by atoms with E-state index in [0.29, 0.717) is 0 Å². The summed E-state index contributed by atoms with van der Waals surface area (Å²) in [7, 11) is 0. The molecule has 1 rings (SSSR count). The highest BCUT2D eigenvalue weighted by Gasteiger charge is 1.85. The number of nitrogens with one attached hydrogen (secondary N) is 1. The van der Waals surface area contributed by atoms with Crippen molar-refractivity contribution < 1.29 is 5.03 Å². The van der Waals surface area contributed by atoms with Crippen LogP contribution in [-0.2, 0) is 0 Å². The van der Waals surface area contributed by atoms with Gasteiger partial charge in [0.2, 0.25) is 0 Å². The molecule has 0 aliphatic carbocycles. The highest BCUT2D eigenvalue weighted by atomic mass is 16.7. The molecule has 4 heteroatoms. The van der Waals surface area contributed by atoms with Crippen LogP contribution in [0.5, 0.6) is 0 Å². The maximum Gasteiger partial charge on any atom is 0.161 e. The SMILES string of the molecule is O=[N+]([O-])NC=Cc1ccccc1. The molecule has 0 aliphatic heterocycles. The van der Waals surface area contributed by atoms with Gasteiger partial charge in [0.15, 0.2) is 5.03 Å². The summed E-state index contributed by atoms with van der Waals surface area (Å²) in [6.45, 7) is 0. The quantitative estimate of drug-likeness (QED) is 0.543. The van der Waals surface area contributed by atoms with Crippen LogP contribution in [0, 0.1) is 10.1 Å². The summed E-state index contributed by atoms with van der Waals surface area (Å²) in [5.41, 5.74) is 2.86. The molecule has 1 N–H and O–H groups in total. The molecule has 0 heterocycles. The Morgan fingerprint density at radius 3 is 2.58 bits per heavy atom. The van der Waals surface area contributed by atoms with Gasteiger partial charge in [-0.3, -0.25) is 0 Å². The summed E-state index contributed by atoms with van der Waals surface area (Å²) in [6, 6.07) is 9.34. The lowest BCUT2D eigenvalue weighted by molar-refractivity contribution is -0.532. The molecule has 1 aromatic rings. The van der Waals surface area contributed by atoms with Gasteiger partial charge in [0.05, 0.1) is 6.20 Å². The first kappa shape index (κ1) is 8.26. The van der Waals surface area contributed by atoms with E-state index in [9.17, 15) is 10.1 Å². The molecule has 0 aromatic heterocycles. The molecule has 0 unspecified atom stereocenters. The van der Waals surface area contributed by atoms with Crippen LogP contribution in [0.25, 0.3) is 6.08 Å². The summed E-state index contributed by atoms with van der Waals surface area (Å²) in [5, 5.41) is 9.22. The lowest BCUT2D eigenvalue weighted by Crippen LogP contribution is -2.13. The Balaban J connectivity index is 2.52. The van der Waals surface area contributed by atoms with Crippen molar-refractivity contribution in [1.82, 2.24) is 5.43 Å². The van der Waals surface area contributed by atoms with Crippen LogP contribution in [0.15, 0.2) is 36.5 Å². The number of benzene rings is 1. The van der Waals surface area contributed by atoms with Crippen molar-refractivity contribution in [2.45, 2.75) is 0 Å². The van der Waals surface area contributed by atoms with Crippen molar-refractivity contribution in [3.05, 3.63) is 52.2 Å². The first-order valence-electron chi connectivity index (χ1n) is 3.41. The van der Waals surface area contributed by atoms with E-state index in [1.54, 1.807) is 6.08 Å². The monoisotopic (exact) mass is 164 g/mol. The predicted molar refractivity (Wildman–Crippen MR) is 45.6 cm³/mol. The summed E-state index contributed by atoms with van der Waals surface area (Å²) < 4.78 is 0. The molecule has 0 atom stereocenters. The average molecular weight is 164 g/mol. The zero-order chi connectivity index (χ0) is 8.81. The van der Waals surface area contributed by atoms with Crippen molar-refractivity contribution in [1.29, 1.82) is 0 Å². The second-order valence-corrected chi connectivity index (χ2v) is 2.13. The second-order valence-electron chi connectivity index (χ2n) is 2.13. The molecule has 0 saturated heterocycles. The van der Waals surface area contributed by atoms with E-state index in [0.717, 1.165) is 5.56 Å². The molecule has 12 heavy (non-hydrogen) atoms. The number of hydrazine groups is 1. The largest absolute Gasteiger partial charge is 0.235 e. The molecule has 0 fully saturated rings. The third-order valence-corrected chi connectivity index (χ3v) is 1.26. The summed E-state index contributed by atoms with van der Waals surface area (Å²) in [5.74, 6) is 0. The van der Waals surface area contributed by atoms with Gasteiger partial charge in [-0.25, -0.2) is 10.1 Å². The number of hydrogen-bond donors (Lipinski definition) is 1. The lowest BCUT2D eigenvalue weighted by Gasteiger charge is -1.89. The average Bonchev–Trinajstić information content (AvgIpc) is 2.05. The molecule has 0 radical (unpaired) electrons. The molecule has 0 amide bonds. The third-order valence-electron chi connectivity index (χ3n) is 1.26. The van der Waals surface area contributed by atoms with Gasteiger partial charge >= 0.3 is 0 Å². The van der Waals surface area contributed by atoms with Crippen LogP contribution in [-0.4, -0.2) is 5.03 Å². The minimum Gasteiger partial charge on any atom is -0.235 e. The first-order chi connectivity index (χ1) is 5.79. The molecule has 0 aliphatic rings. The van der Waals surface area contributed by atoms with Crippen molar-refractivity contribution >= 4 is 6.08 Å². The minimum absolute atomic E-state index is 0.612. The third kappa shape index (κ3) is 2.83. The molecule has 62 valence electrons. The molecule has 0 saturated carbocycles. The molecule has 4 nitrogen and oxygen atoms in total. The van der Waals surface area contributed by atoms with E-state index >= 15 is 0 Å². The lowest BCUT2D eigenvalue weighted by atomic mass is 10.2. The van der Waals surface area contributed by atoms with Crippen LogP contribution >= 0.6 is 0 Å². The summed E-state index contributed by atoms with van der Waals surface area (Å²) in [6.07, 6.45) is 2.91. The van der Waals surface area contributed by atoms with Gasteiger partial charge in [0, 0.05) is 0 Å². The van der Waals surface area contributed by atoms with Gasteiger partial charge in [-0.05, 0) is 11.6 Å². The van der Waals surface area contributed by atoms with Gasteiger partial charge in [0.1, 0.15) is 0 Å². The number of hydrogen-bond acceptors (Lipinski definition) is 2. The molecular formula is C8H8N2O2. The maximum absolute atomic E-state index is 9.83. The van der Waals surface area contributed by atoms with Gasteiger partial charge in [-0.15, -0.1) is 5.43 Å². The van der Waals surface area contributed by atoms with E-state index < -0.39 is 5.03 Å². The Kier molecular flexibility index (Phi) is 2.84. The topological polar surface area (TPSA) is 55.2 Å². The summed E-state index contributed by atoms with van der Waals surface area (Å²) >= 11 is 0. The fraction of sp³-hybridized carbons (Fsp3) is 0. The highest BCUT2D eigenvalue weighted by molar-refractivity contribution is 5.47. The second kappa shape index (κ2) is 4.12. The van der Waals surface area contributed by atoms with E-state index in [1.807, 2.05) is 35.8 Å². The van der Waals surface area contributed by atoms with Crippen LogP contribution in [0.4, 0.5) is 0 Å². The van der Waals surface area contributed by atoms with Crippen molar-refractivity contribution in [2.24, 2.45) is 0 Å². The fourth-order valence-electron chi connectivity index (χ4n) is 0.759. The Morgan fingerprint density at radius 1 is 1.33 bits per heavy atom. The Hall–Kier alpha value is -1.84. The van der Waals surface area contributed by atoms with Crippen molar-refractivity contribution in [3.63, 3.8) is 0 Å². The van der Waals surface area contributed by atoms with E-state index in [2.05, 4.69) is 0 Å². The normalized spacial score (nSPS) is 10.0. The minimum atomic E-state index is -0.612. The maximum atomic E-state index is 9.83. The van der Waals surface area contributed by atoms with E-state index in [1.165, 1.54) is 6.20 Å². The number of nitrogens with zero attached hydrogens (tertiary/aromatic N) is 1. The number of nitro groups is 1. The van der Waals surface area contributed by atoms with Gasteiger partial charge in [-0.2, -0.15) is 0 Å². The van der Waals surface area contributed by atoms with Gasteiger partial charge in [-0.1, -0.05) is 30.3 Å². The molecule has 0 bridgehead atoms. The Morgan fingerprint density at radius 2 is 2.00 bits per heavy atom. The first-order valence-corrected chi connectivity index (χ1v) is 3.41. The molecular weight excluding hydrogens is 156 g/mol. The van der Waals surface area contributed by atoms with E-state index in [-0.39, 0.29) is 0 Å². The Labute approximate surface area is 69.6 Å². The van der Waals surface area contributed by atoms with Crippen molar-refractivity contribution in [2.75, 3.05) is 0 Å². The van der Waals surface area contributed by atoms with E-state index in [4.69, 9.17) is 0 Å². The standard InChI is InChI=1S/C8H8N2O2/c11-10(12)9-7-6-8-4-2-1-3-5-8/h1-7,9H. The van der Waals surface area contributed by atoms with Crippen LogP contribution in [0.1, 0.15) is 5.56 Å². The number of rotatable bonds is 3. The van der Waals surface area contributed by atoms with Crippen LogP contribution < -0.4 is 5.43 Å². The zero-order valence-electron chi connectivity index (χ0n) is 6.31. The highest BCUT2D eigenvalue weighted by Crippen LogP contribution is 1.99. The fourth-order valence-corrected chi connectivity index (χ4v) is 0.759.